The molecule has 1 atom stereocenters. The number of fused-ring (bicyclic) bond motifs is 1. The highest BCUT2D eigenvalue weighted by molar-refractivity contribution is 6.33. The molecule has 1 aliphatic carbocycles. The molecule has 5 rings (SSSR count). The first-order valence-corrected chi connectivity index (χ1v) is 11.2. The van der Waals surface area contributed by atoms with Crippen LogP contribution in [0.25, 0.3) is 11.0 Å². The fraction of sp³-hybridized carbons (Fsp3) is 0.375. The fourth-order valence-electron chi connectivity index (χ4n) is 4.81. The molecule has 1 saturated heterocycles. The molecule has 8 heteroatoms. The second-order valence-electron chi connectivity index (χ2n) is 8.78. The monoisotopic (exact) mass is 452 g/mol. The third kappa shape index (κ3) is 3.81. The maximum Gasteiger partial charge on any atom is 0.324 e. The molecule has 1 aliphatic heterocycles. The van der Waals surface area contributed by atoms with Crippen molar-refractivity contribution in [3.8, 4) is 0 Å². The van der Waals surface area contributed by atoms with Gasteiger partial charge in [0, 0.05) is 38.3 Å². The average molecular weight is 453 g/mol. The molecule has 3 aromatic rings. The Bertz CT molecular complexity index is 1140. The largest absolute Gasteiger partial charge is 0.449 e. The van der Waals surface area contributed by atoms with E-state index in [1.807, 2.05) is 29.2 Å². The molecule has 1 aromatic carbocycles. The molecule has 0 radical (unpaired) electrons. The summed E-state index contributed by atoms with van der Waals surface area (Å²) < 4.78 is 5.59. The van der Waals surface area contributed by atoms with Crippen LogP contribution in [0.3, 0.4) is 0 Å². The Morgan fingerprint density at radius 3 is 2.81 bits per heavy atom. The molecule has 0 bridgehead atoms. The Kier molecular flexibility index (Phi) is 5.29. The predicted molar refractivity (Wildman–Crippen MR) is 123 cm³/mol. The summed E-state index contributed by atoms with van der Waals surface area (Å²) in [5.74, 6) is 0.555. The fourth-order valence-corrected chi connectivity index (χ4v) is 5.08. The molecular formula is C24H25ClN4O3. The first kappa shape index (κ1) is 20.8. The summed E-state index contributed by atoms with van der Waals surface area (Å²) in [6.45, 7) is 2.06. The van der Waals surface area contributed by atoms with Crippen LogP contribution in [0.1, 0.15) is 29.8 Å². The molecule has 3 heterocycles. The first-order chi connectivity index (χ1) is 15.5. The number of anilines is 1. The van der Waals surface area contributed by atoms with Crippen LogP contribution in [0.5, 0.6) is 0 Å². The van der Waals surface area contributed by atoms with Gasteiger partial charge in [0.1, 0.15) is 0 Å². The normalized spacial score (nSPS) is 19.2. The predicted octanol–water partition coefficient (Wildman–Crippen LogP) is 4.57. The van der Waals surface area contributed by atoms with Gasteiger partial charge in [0.15, 0.2) is 11.3 Å². The number of rotatable bonds is 4. The van der Waals surface area contributed by atoms with E-state index < -0.39 is 0 Å². The second-order valence-corrected chi connectivity index (χ2v) is 9.18. The van der Waals surface area contributed by atoms with Gasteiger partial charge >= 0.3 is 6.03 Å². The number of benzene rings is 1. The molecule has 2 aromatic heterocycles. The standard InChI is InChI=1S/C24H25ClN4O3/c1-28(19-5-3-2-4-18(19)25)23(31)29-10-7-24(8-11-29)13-17(24)14-27-22(30)20-12-16-6-9-26-15-21(16)32-20/h2-6,9,12,15,17H,7-8,10-11,13-14H2,1H3,(H,27,30). The highest BCUT2D eigenvalue weighted by Gasteiger charge is 2.55. The molecule has 1 spiro atoms. The number of hydrogen-bond donors (Lipinski definition) is 1. The number of carbonyl (C=O) groups is 2. The number of urea groups is 1. The summed E-state index contributed by atoms with van der Waals surface area (Å²) in [5, 5.41) is 4.45. The lowest BCUT2D eigenvalue weighted by Crippen LogP contribution is -2.46. The van der Waals surface area contributed by atoms with Crippen molar-refractivity contribution in [3.63, 3.8) is 0 Å². The Hall–Kier alpha value is -3.06. The zero-order valence-corrected chi connectivity index (χ0v) is 18.6. The van der Waals surface area contributed by atoms with Crippen molar-refractivity contribution < 1.29 is 14.0 Å². The van der Waals surface area contributed by atoms with E-state index in [1.54, 1.807) is 36.5 Å². The lowest BCUT2D eigenvalue weighted by Gasteiger charge is -2.35. The maximum atomic E-state index is 12.9. The average Bonchev–Trinajstić information content (AvgIpc) is 3.28. The third-order valence-corrected chi connectivity index (χ3v) is 7.26. The van der Waals surface area contributed by atoms with E-state index in [4.69, 9.17) is 16.0 Å². The van der Waals surface area contributed by atoms with E-state index in [9.17, 15) is 9.59 Å². The van der Waals surface area contributed by atoms with Gasteiger partial charge in [-0.2, -0.15) is 0 Å². The highest BCUT2D eigenvalue weighted by Crippen LogP contribution is 2.59. The van der Waals surface area contributed by atoms with Gasteiger partial charge in [0.05, 0.1) is 16.9 Å². The number of aromatic nitrogens is 1. The van der Waals surface area contributed by atoms with E-state index in [2.05, 4.69) is 10.3 Å². The minimum absolute atomic E-state index is 0.0298. The van der Waals surface area contributed by atoms with E-state index in [1.165, 1.54) is 0 Å². The van der Waals surface area contributed by atoms with Crippen LogP contribution in [0, 0.1) is 11.3 Å². The van der Waals surface area contributed by atoms with Crippen molar-refractivity contribution in [2.24, 2.45) is 11.3 Å². The highest BCUT2D eigenvalue weighted by atomic mass is 35.5. The number of hydrogen-bond acceptors (Lipinski definition) is 4. The van der Waals surface area contributed by atoms with Gasteiger partial charge in [-0.1, -0.05) is 23.7 Å². The zero-order chi connectivity index (χ0) is 22.3. The number of nitrogens with one attached hydrogen (secondary N) is 1. The van der Waals surface area contributed by atoms with Crippen LogP contribution >= 0.6 is 11.6 Å². The van der Waals surface area contributed by atoms with Gasteiger partial charge in [-0.05, 0) is 54.9 Å². The van der Waals surface area contributed by atoms with Gasteiger partial charge in [-0.3, -0.25) is 14.7 Å². The van der Waals surface area contributed by atoms with Crippen molar-refractivity contribution in [3.05, 3.63) is 59.6 Å². The van der Waals surface area contributed by atoms with E-state index in [-0.39, 0.29) is 17.4 Å². The lowest BCUT2D eigenvalue weighted by atomic mass is 9.91. The number of nitrogens with zero attached hydrogens (tertiary/aromatic N) is 3. The van der Waals surface area contributed by atoms with Crippen LogP contribution < -0.4 is 10.2 Å². The Morgan fingerprint density at radius 2 is 2.06 bits per heavy atom. The molecule has 1 saturated carbocycles. The zero-order valence-electron chi connectivity index (χ0n) is 17.9. The molecule has 166 valence electrons. The van der Waals surface area contributed by atoms with Crippen molar-refractivity contribution in [1.29, 1.82) is 0 Å². The summed E-state index contributed by atoms with van der Waals surface area (Å²) in [6, 6.07) is 10.9. The number of furan rings is 1. The van der Waals surface area contributed by atoms with Crippen LogP contribution in [0.4, 0.5) is 10.5 Å². The van der Waals surface area contributed by atoms with E-state index in [0.29, 0.717) is 47.6 Å². The van der Waals surface area contributed by atoms with Gasteiger partial charge in [-0.15, -0.1) is 0 Å². The summed E-state index contributed by atoms with van der Waals surface area (Å²) in [6.07, 6.45) is 6.27. The summed E-state index contributed by atoms with van der Waals surface area (Å²) >= 11 is 6.25. The van der Waals surface area contributed by atoms with Crippen molar-refractivity contribution in [1.82, 2.24) is 15.2 Å². The quantitative estimate of drug-likeness (QED) is 0.629. The van der Waals surface area contributed by atoms with Crippen LogP contribution in [0.2, 0.25) is 5.02 Å². The lowest BCUT2D eigenvalue weighted by molar-refractivity contribution is 0.0922. The van der Waals surface area contributed by atoms with Gasteiger partial charge in [0.2, 0.25) is 0 Å². The van der Waals surface area contributed by atoms with Crippen molar-refractivity contribution in [2.45, 2.75) is 19.3 Å². The van der Waals surface area contributed by atoms with E-state index >= 15 is 0 Å². The molecule has 2 aliphatic rings. The number of halogens is 1. The number of piperidine rings is 1. The number of likely N-dealkylation sites (tertiary alicyclic amines) is 1. The van der Waals surface area contributed by atoms with Gasteiger partial charge in [-0.25, -0.2) is 4.79 Å². The second kappa shape index (κ2) is 8.13. The minimum atomic E-state index is -0.197. The SMILES string of the molecule is CN(C(=O)N1CCC2(CC1)CC2CNC(=O)c1cc2ccncc2o1)c1ccccc1Cl. The number of para-hydroxylation sites is 1. The van der Waals surface area contributed by atoms with Gasteiger partial charge < -0.3 is 14.6 Å². The topological polar surface area (TPSA) is 78.7 Å². The van der Waals surface area contributed by atoms with Crippen LogP contribution in [0.15, 0.2) is 53.2 Å². The Balaban J connectivity index is 1.13. The van der Waals surface area contributed by atoms with Crippen LogP contribution in [-0.4, -0.2) is 48.5 Å². The minimum Gasteiger partial charge on any atom is -0.449 e. The molecule has 3 amide bonds. The smallest absolute Gasteiger partial charge is 0.324 e. The Labute approximate surface area is 191 Å². The number of pyridine rings is 1. The Morgan fingerprint density at radius 1 is 1.28 bits per heavy atom. The molecule has 2 fully saturated rings. The third-order valence-electron chi connectivity index (χ3n) is 6.95. The molecular weight excluding hydrogens is 428 g/mol. The van der Waals surface area contributed by atoms with Crippen molar-refractivity contribution >= 4 is 40.2 Å². The summed E-state index contributed by atoms with van der Waals surface area (Å²) in [7, 11) is 1.76. The van der Waals surface area contributed by atoms with E-state index in [0.717, 1.165) is 24.6 Å². The molecule has 1 N–H and O–H groups in total. The molecule has 32 heavy (non-hydrogen) atoms. The molecule has 7 nitrogen and oxygen atoms in total. The summed E-state index contributed by atoms with van der Waals surface area (Å²) in [4.78, 5) is 33.0. The molecule has 1 unspecified atom stereocenters. The van der Waals surface area contributed by atoms with Crippen molar-refractivity contribution in [2.75, 3.05) is 31.6 Å². The first-order valence-electron chi connectivity index (χ1n) is 10.9. The van der Waals surface area contributed by atoms with Crippen LogP contribution in [-0.2, 0) is 0 Å². The maximum absolute atomic E-state index is 12.9. The summed E-state index contributed by atoms with van der Waals surface area (Å²) in [5.41, 5.74) is 1.55. The number of carbonyl (C=O) groups excluding carboxylic acids is 2. The van der Waals surface area contributed by atoms with Gasteiger partial charge in [0.25, 0.3) is 5.91 Å². The number of amides is 3.